The zero-order valence-electron chi connectivity index (χ0n) is 13.0. The van der Waals surface area contributed by atoms with Crippen molar-refractivity contribution in [2.45, 2.75) is 0 Å². The number of anilines is 2. The van der Waals surface area contributed by atoms with Crippen molar-refractivity contribution in [3.63, 3.8) is 0 Å². The van der Waals surface area contributed by atoms with Crippen LogP contribution < -0.4 is 5.32 Å². The number of rotatable bonds is 2. The maximum Gasteiger partial charge on any atom is 0.157 e. The largest absolute Gasteiger partial charge is 0.338 e. The molecule has 116 valence electrons. The second-order valence-electron chi connectivity index (χ2n) is 5.80. The van der Waals surface area contributed by atoms with Crippen molar-refractivity contribution in [3.8, 4) is 0 Å². The van der Waals surface area contributed by atoms with Crippen LogP contribution in [0.5, 0.6) is 0 Å². The summed E-state index contributed by atoms with van der Waals surface area (Å²) in [6.07, 6.45) is 3.70. The molecular formula is C18H14N6. The highest BCUT2D eigenvalue weighted by Gasteiger charge is 2.10. The molecule has 0 radical (unpaired) electrons. The quantitative estimate of drug-likeness (QED) is 0.520. The lowest BCUT2D eigenvalue weighted by atomic mass is 10.1. The molecule has 0 amide bonds. The van der Waals surface area contributed by atoms with Crippen LogP contribution in [0.15, 0.2) is 54.9 Å². The van der Waals surface area contributed by atoms with Gasteiger partial charge in [-0.15, -0.1) is 0 Å². The highest BCUT2D eigenvalue weighted by atomic mass is 15.2. The molecule has 0 saturated heterocycles. The van der Waals surface area contributed by atoms with E-state index in [1.54, 1.807) is 0 Å². The Morgan fingerprint density at radius 1 is 1.04 bits per heavy atom. The zero-order valence-corrected chi connectivity index (χ0v) is 13.0. The average Bonchev–Trinajstić information content (AvgIpc) is 3.23. The molecule has 5 rings (SSSR count). The van der Waals surface area contributed by atoms with Gasteiger partial charge in [-0.1, -0.05) is 18.2 Å². The minimum absolute atomic E-state index is 0.766. The van der Waals surface area contributed by atoms with Crippen LogP contribution in [0.1, 0.15) is 0 Å². The third-order valence-corrected chi connectivity index (χ3v) is 4.31. The molecule has 6 nitrogen and oxygen atoms in total. The fourth-order valence-corrected chi connectivity index (χ4v) is 3.10. The Hall–Kier alpha value is -3.41. The van der Waals surface area contributed by atoms with Crippen molar-refractivity contribution < 1.29 is 0 Å². The first-order chi connectivity index (χ1) is 11.8. The molecule has 2 N–H and O–H groups in total. The van der Waals surface area contributed by atoms with Crippen molar-refractivity contribution in [2.75, 3.05) is 5.32 Å². The van der Waals surface area contributed by atoms with E-state index < -0.39 is 0 Å². The van der Waals surface area contributed by atoms with Crippen LogP contribution in [0.25, 0.3) is 32.7 Å². The maximum atomic E-state index is 4.76. The number of nitrogens with one attached hydrogen (secondary N) is 2. The molecular weight excluding hydrogens is 300 g/mol. The van der Waals surface area contributed by atoms with Gasteiger partial charge in [-0.25, -0.2) is 4.98 Å². The summed E-state index contributed by atoms with van der Waals surface area (Å²) in [6.45, 7) is 0. The van der Waals surface area contributed by atoms with Crippen molar-refractivity contribution >= 4 is 44.2 Å². The van der Waals surface area contributed by atoms with Crippen LogP contribution in [0.3, 0.4) is 0 Å². The van der Waals surface area contributed by atoms with Gasteiger partial charge in [0.1, 0.15) is 5.52 Å². The van der Waals surface area contributed by atoms with Gasteiger partial charge in [0.2, 0.25) is 0 Å². The minimum atomic E-state index is 0.766. The van der Waals surface area contributed by atoms with E-state index in [4.69, 9.17) is 4.98 Å². The monoisotopic (exact) mass is 314 g/mol. The van der Waals surface area contributed by atoms with Crippen LogP contribution in [-0.2, 0) is 7.05 Å². The van der Waals surface area contributed by atoms with Gasteiger partial charge in [-0.3, -0.25) is 9.78 Å². The molecule has 0 fully saturated rings. The van der Waals surface area contributed by atoms with Crippen LogP contribution in [-0.4, -0.2) is 25.0 Å². The van der Waals surface area contributed by atoms with Crippen LogP contribution in [0, 0.1) is 0 Å². The molecule has 0 aliphatic carbocycles. The Balaban J connectivity index is 1.69. The molecule has 6 heteroatoms. The number of aromatic nitrogens is 5. The molecule has 2 aromatic carbocycles. The van der Waals surface area contributed by atoms with Crippen molar-refractivity contribution in [3.05, 3.63) is 54.9 Å². The minimum Gasteiger partial charge on any atom is -0.338 e. The Bertz CT molecular complexity index is 1200. The van der Waals surface area contributed by atoms with E-state index in [1.807, 2.05) is 48.4 Å². The van der Waals surface area contributed by atoms with E-state index in [1.165, 1.54) is 0 Å². The number of aromatic amines is 1. The Morgan fingerprint density at radius 2 is 1.96 bits per heavy atom. The van der Waals surface area contributed by atoms with Gasteiger partial charge >= 0.3 is 0 Å². The predicted octanol–water partition coefficient (Wildman–Crippen LogP) is 3.74. The summed E-state index contributed by atoms with van der Waals surface area (Å²) in [4.78, 5) is 4.76. The SMILES string of the molecule is Cn1ncc2ccc(Nc3nc4ccccc4c4cn[nH]c34)cc21. The summed E-state index contributed by atoms with van der Waals surface area (Å²) in [7, 11) is 1.94. The summed E-state index contributed by atoms with van der Waals surface area (Å²) < 4.78 is 1.86. The van der Waals surface area contributed by atoms with E-state index in [0.717, 1.165) is 44.2 Å². The van der Waals surface area contributed by atoms with E-state index >= 15 is 0 Å². The van der Waals surface area contributed by atoms with Gasteiger partial charge in [0, 0.05) is 28.9 Å². The first-order valence-corrected chi connectivity index (χ1v) is 7.70. The fraction of sp³-hybridized carbons (Fsp3) is 0.0556. The lowest BCUT2D eigenvalue weighted by Crippen LogP contribution is -1.96. The zero-order chi connectivity index (χ0) is 16.1. The number of aryl methyl sites for hydroxylation is 1. The van der Waals surface area contributed by atoms with Crippen molar-refractivity contribution in [1.29, 1.82) is 0 Å². The van der Waals surface area contributed by atoms with E-state index in [0.29, 0.717) is 0 Å². The summed E-state index contributed by atoms with van der Waals surface area (Å²) in [5.74, 6) is 0.766. The number of nitrogens with zero attached hydrogens (tertiary/aromatic N) is 4. The molecule has 0 aliphatic rings. The smallest absolute Gasteiger partial charge is 0.157 e. The molecule has 0 saturated carbocycles. The maximum absolute atomic E-state index is 4.76. The normalized spacial score (nSPS) is 11.5. The van der Waals surface area contributed by atoms with Gasteiger partial charge in [0.05, 0.1) is 23.4 Å². The van der Waals surface area contributed by atoms with Crippen LogP contribution >= 0.6 is 0 Å². The number of hydrogen-bond acceptors (Lipinski definition) is 4. The van der Waals surface area contributed by atoms with Crippen LogP contribution in [0.4, 0.5) is 11.5 Å². The van der Waals surface area contributed by atoms with E-state index in [-0.39, 0.29) is 0 Å². The first kappa shape index (κ1) is 13.1. The average molecular weight is 314 g/mol. The van der Waals surface area contributed by atoms with Gasteiger partial charge in [0.15, 0.2) is 5.82 Å². The number of H-pyrrole nitrogens is 1. The highest BCUT2D eigenvalue weighted by molar-refractivity contribution is 6.08. The number of hydrogen-bond donors (Lipinski definition) is 2. The molecule has 0 bridgehead atoms. The standard InChI is InChI=1S/C18H14N6/c1-24-16-8-12(7-6-11(16)9-20-24)21-18-17-14(10-19-23-17)13-4-2-3-5-15(13)22-18/h2-10H,1H3,(H,19,23)(H,21,22). The highest BCUT2D eigenvalue weighted by Crippen LogP contribution is 2.30. The third kappa shape index (κ3) is 1.86. The predicted molar refractivity (Wildman–Crippen MR) is 95.4 cm³/mol. The summed E-state index contributed by atoms with van der Waals surface area (Å²) in [5.41, 5.74) is 3.88. The van der Waals surface area contributed by atoms with E-state index in [2.05, 4.69) is 38.8 Å². The first-order valence-electron chi connectivity index (χ1n) is 7.70. The molecule has 3 aromatic heterocycles. The second kappa shape index (κ2) is 4.79. The number of fused-ring (bicyclic) bond motifs is 4. The summed E-state index contributed by atoms with van der Waals surface area (Å²) in [5, 5.41) is 18.2. The summed E-state index contributed by atoms with van der Waals surface area (Å²) in [6, 6.07) is 14.2. The third-order valence-electron chi connectivity index (χ3n) is 4.31. The van der Waals surface area contributed by atoms with Gasteiger partial charge in [-0.05, 0) is 24.3 Å². The number of para-hydroxylation sites is 1. The lowest BCUT2D eigenvalue weighted by Gasteiger charge is -2.09. The van der Waals surface area contributed by atoms with Crippen molar-refractivity contribution in [2.24, 2.45) is 7.05 Å². The van der Waals surface area contributed by atoms with Gasteiger partial charge < -0.3 is 5.32 Å². The fourth-order valence-electron chi connectivity index (χ4n) is 3.10. The van der Waals surface area contributed by atoms with E-state index in [9.17, 15) is 0 Å². The topological polar surface area (TPSA) is 71.4 Å². The summed E-state index contributed by atoms with van der Waals surface area (Å²) >= 11 is 0. The number of pyridine rings is 1. The molecule has 0 spiro atoms. The lowest BCUT2D eigenvalue weighted by molar-refractivity contribution is 0.797. The van der Waals surface area contributed by atoms with Crippen molar-refractivity contribution in [1.82, 2.24) is 25.0 Å². The Kier molecular flexibility index (Phi) is 2.61. The Labute approximate surface area is 137 Å². The Morgan fingerprint density at radius 3 is 2.92 bits per heavy atom. The second-order valence-corrected chi connectivity index (χ2v) is 5.80. The molecule has 0 aliphatic heterocycles. The van der Waals surface area contributed by atoms with Crippen LogP contribution in [0.2, 0.25) is 0 Å². The molecule has 24 heavy (non-hydrogen) atoms. The molecule has 3 heterocycles. The molecule has 5 aromatic rings. The molecule has 0 atom stereocenters. The molecule has 0 unspecified atom stereocenters. The number of benzene rings is 2. The van der Waals surface area contributed by atoms with Gasteiger partial charge in [-0.2, -0.15) is 10.2 Å². The van der Waals surface area contributed by atoms with Gasteiger partial charge in [0.25, 0.3) is 0 Å².